The van der Waals surface area contributed by atoms with Gasteiger partial charge in [0.15, 0.2) is 0 Å². The molecule has 0 spiro atoms. The molecule has 3 aromatic rings. The van der Waals surface area contributed by atoms with Crippen molar-refractivity contribution in [3.63, 3.8) is 0 Å². The summed E-state index contributed by atoms with van der Waals surface area (Å²) in [5, 5.41) is 2.52. The molecule has 0 aliphatic heterocycles. The minimum Gasteiger partial charge on any atom is -0.0911 e. The van der Waals surface area contributed by atoms with E-state index in [9.17, 15) is 0 Å². The molecule has 0 aliphatic carbocycles. The first kappa shape index (κ1) is 18.7. The highest BCUT2D eigenvalue weighted by molar-refractivity contribution is 6.05. The van der Waals surface area contributed by atoms with Crippen molar-refractivity contribution in [2.45, 2.75) is 20.8 Å². The van der Waals surface area contributed by atoms with Crippen LogP contribution in [0.25, 0.3) is 27.5 Å². The fraction of sp³-hybridized carbons (Fsp3) is 0.111. The van der Waals surface area contributed by atoms with Gasteiger partial charge >= 0.3 is 0 Å². The quantitative estimate of drug-likeness (QED) is 0.409. The van der Waals surface area contributed by atoms with E-state index in [4.69, 9.17) is 0 Å². The number of rotatable bonds is 5. The van der Waals surface area contributed by atoms with Gasteiger partial charge in [-0.2, -0.15) is 0 Å². The summed E-state index contributed by atoms with van der Waals surface area (Å²) in [6.07, 6.45) is 8.37. The molecule has 0 N–H and O–H groups in total. The zero-order chi connectivity index (χ0) is 19.2. The molecule has 0 radical (unpaired) electrons. The number of hydrogen-bond donors (Lipinski definition) is 0. The van der Waals surface area contributed by atoms with Crippen molar-refractivity contribution in [1.82, 2.24) is 0 Å². The fourth-order valence-electron chi connectivity index (χ4n) is 3.65. The van der Waals surface area contributed by atoms with E-state index in [-0.39, 0.29) is 0 Å². The van der Waals surface area contributed by atoms with E-state index in [0.717, 1.165) is 5.57 Å². The van der Waals surface area contributed by atoms with Crippen LogP contribution in [-0.4, -0.2) is 0 Å². The van der Waals surface area contributed by atoms with E-state index in [1.165, 1.54) is 38.6 Å². The predicted molar refractivity (Wildman–Crippen MR) is 121 cm³/mol. The maximum absolute atomic E-state index is 4.33. The van der Waals surface area contributed by atoms with Crippen LogP contribution in [0.2, 0.25) is 0 Å². The summed E-state index contributed by atoms with van der Waals surface area (Å²) in [5.41, 5.74) is 7.17. The predicted octanol–water partition coefficient (Wildman–Crippen LogP) is 7.99. The highest BCUT2D eigenvalue weighted by Gasteiger charge is 2.12. The van der Waals surface area contributed by atoms with Crippen molar-refractivity contribution in [2.24, 2.45) is 0 Å². The minimum absolute atomic E-state index is 1.03. The molecular weight excluding hydrogens is 324 g/mol. The Hall–Kier alpha value is -3.12. The lowest BCUT2D eigenvalue weighted by molar-refractivity contribution is 1.47. The Morgan fingerprint density at radius 3 is 2.11 bits per heavy atom. The van der Waals surface area contributed by atoms with Crippen molar-refractivity contribution < 1.29 is 0 Å². The molecule has 0 aromatic heterocycles. The molecule has 0 heteroatoms. The number of allylic oxidation sites excluding steroid dienone is 7. The molecule has 0 aliphatic rings. The van der Waals surface area contributed by atoms with E-state index >= 15 is 0 Å². The normalized spacial score (nSPS) is 12.7. The first-order valence-corrected chi connectivity index (χ1v) is 9.40. The van der Waals surface area contributed by atoms with Gasteiger partial charge in [-0.3, -0.25) is 0 Å². The van der Waals surface area contributed by atoms with E-state index in [0.29, 0.717) is 0 Å². The molecule has 0 bridgehead atoms. The second kappa shape index (κ2) is 8.51. The molecule has 0 amide bonds. The summed E-state index contributed by atoms with van der Waals surface area (Å²) < 4.78 is 0. The molecule has 3 aromatic carbocycles. The molecule has 3 rings (SSSR count). The zero-order valence-corrected chi connectivity index (χ0v) is 16.4. The van der Waals surface area contributed by atoms with Gasteiger partial charge < -0.3 is 0 Å². The van der Waals surface area contributed by atoms with Gasteiger partial charge in [0.05, 0.1) is 0 Å². The van der Waals surface area contributed by atoms with Crippen LogP contribution in [0.3, 0.4) is 0 Å². The van der Waals surface area contributed by atoms with Gasteiger partial charge in [-0.05, 0) is 65.0 Å². The Labute approximate surface area is 162 Å². The first-order valence-electron chi connectivity index (χ1n) is 9.40. The van der Waals surface area contributed by atoms with E-state index < -0.39 is 0 Å². The first-order chi connectivity index (χ1) is 13.2. The lowest BCUT2D eigenvalue weighted by atomic mass is 9.88. The Bertz CT molecular complexity index is 1040. The van der Waals surface area contributed by atoms with Crippen molar-refractivity contribution in [3.05, 3.63) is 114 Å². The molecule has 0 atom stereocenters. The van der Waals surface area contributed by atoms with Crippen LogP contribution < -0.4 is 0 Å². The standard InChI is InChI=1S/C27H26/c1-5-12-20(3)27(21(4)13-6-2)26-19-11-17-24-23(16-10-18-25(24)26)22-14-8-7-9-15-22/h5-19H,3H2,1-2,4H3/b12-5-,13-6-,27-21-. The van der Waals surface area contributed by atoms with E-state index in [1.807, 2.05) is 13.0 Å². The van der Waals surface area contributed by atoms with Crippen molar-refractivity contribution in [1.29, 1.82) is 0 Å². The molecular formula is C27H26. The molecule has 0 saturated carbocycles. The number of hydrogen-bond acceptors (Lipinski definition) is 0. The van der Waals surface area contributed by atoms with Gasteiger partial charge in [-0.25, -0.2) is 0 Å². The summed E-state index contributed by atoms with van der Waals surface area (Å²) in [6.45, 7) is 10.6. The van der Waals surface area contributed by atoms with E-state index in [1.54, 1.807) is 0 Å². The topological polar surface area (TPSA) is 0 Å². The maximum Gasteiger partial charge on any atom is -0.00821 e. The number of benzene rings is 3. The minimum atomic E-state index is 1.03. The van der Waals surface area contributed by atoms with Crippen LogP contribution in [0.4, 0.5) is 0 Å². The average Bonchev–Trinajstić information content (AvgIpc) is 2.69. The lowest BCUT2D eigenvalue weighted by Crippen LogP contribution is -1.93. The van der Waals surface area contributed by atoms with Gasteiger partial charge in [0.25, 0.3) is 0 Å². The molecule has 0 fully saturated rings. The van der Waals surface area contributed by atoms with Crippen LogP contribution in [0.1, 0.15) is 26.3 Å². The summed E-state index contributed by atoms with van der Waals surface area (Å²) in [7, 11) is 0. The monoisotopic (exact) mass is 350 g/mol. The Morgan fingerprint density at radius 2 is 1.41 bits per heavy atom. The zero-order valence-electron chi connectivity index (χ0n) is 16.4. The van der Waals surface area contributed by atoms with Gasteiger partial charge in [0, 0.05) is 0 Å². The third-order valence-electron chi connectivity index (χ3n) is 4.78. The smallest absolute Gasteiger partial charge is 0.00821 e. The molecule has 134 valence electrons. The lowest BCUT2D eigenvalue weighted by Gasteiger charge is -2.16. The largest absolute Gasteiger partial charge is 0.0911 e. The molecule has 0 heterocycles. The summed E-state index contributed by atoms with van der Waals surface area (Å²) in [6, 6.07) is 23.7. The SMILES string of the molecule is C=C(/C=C\C)/C(=C(C)/C=C\C)c1cccc2c(-c3ccccc3)cccc12. The van der Waals surface area contributed by atoms with Crippen LogP contribution in [0.5, 0.6) is 0 Å². The van der Waals surface area contributed by atoms with Crippen molar-refractivity contribution >= 4 is 16.3 Å². The molecule has 27 heavy (non-hydrogen) atoms. The fourth-order valence-corrected chi connectivity index (χ4v) is 3.65. The molecule has 0 nitrogen and oxygen atoms in total. The summed E-state index contributed by atoms with van der Waals surface area (Å²) in [5.74, 6) is 0. The summed E-state index contributed by atoms with van der Waals surface area (Å²) >= 11 is 0. The molecule has 0 saturated heterocycles. The maximum atomic E-state index is 4.33. The average molecular weight is 351 g/mol. The Kier molecular flexibility index (Phi) is 5.88. The van der Waals surface area contributed by atoms with E-state index in [2.05, 4.69) is 105 Å². The second-order valence-electron chi connectivity index (χ2n) is 6.66. The highest BCUT2D eigenvalue weighted by Crippen LogP contribution is 2.36. The van der Waals surface area contributed by atoms with Gasteiger partial charge in [-0.15, -0.1) is 0 Å². The Morgan fingerprint density at radius 1 is 0.741 bits per heavy atom. The second-order valence-corrected chi connectivity index (χ2v) is 6.66. The molecule has 0 unspecified atom stereocenters. The van der Waals surface area contributed by atoms with Gasteiger partial charge in [0.2, 0.25) is 0 Å². The van der Waals surface area contributed by atoms with Gasteiger partial charge in [-0.1, -0.05) is 97.6 Å². The highest BCUT2D eigenvalue weighted by atomic mass is 14.2. The third kappa shape index (κ3) is 3.85. The van der Waals surface area contributed by atoms with Gasteiger partial charge in [0.1, 0.15) is 0 Å². The Balaban J connectivity index is 2.32. The van der Waals surface area contributed by atoms with Crippen LogP contribution in [0, 0.1) is 0 Å². The summed E-state index contributed by atoms with van der Waals surface area (Å²) in [4.78, 5) is 0. The van der Waals surface area contributed by atoms with Crippen LogP contribution in [0.15, 0.2) is 109 Å². The third-order valence-corrected chi connectivity index (χ3v) is 4.78. The van der Waals surface area contributed by atoms with Crippen molar-refractivity contribution in [2.75, 3.05) is 0 Å². The van der Waals surface area contributed by atoms with Crippen LogP contribution >= 0.6 is 0 Å². The number of fused-ring (bicyclic) bond motifs is 1. The van der Waals surface area contributed by atoms with Crippen LogP contribution in [-0.2, 0) is 0 Å². The van der Waals surface area contributed by atoms with Crippen molar-refractivity contribution in [3.8, 4) is 11.1 Å².